The van der Waals surface area contributed by atoms with Gasteiger partial charge in [0.05, 0.1) is 5.25 Å². The molecule has 0 spiro atoms. The molecule has 0 aromatic heterocycles. The topological polar surface area (TPSA) is 101 Å². The molecule has 0 heterocycles. The highest BCUT2D eigenvalue weighted by Crippen LogP contribution is 2.20. The molecule has 0 saturated carbocycles. The zero-order valence-corrected chi connectivity index (χ0v) is 13.1. The van der Waals surface area contributed by atoms with Crippen molar-refractivity contribution in [1.82, 2.24) is 5.32 Å². The highest BCUT2D eigenvalue weighted by molar-refractivity contribution is 8.14. The first kappa shape index (κ1) is 17.9. The first-order valence-electron chi connectivity index (χ1n) is 6.60. The van der Waals surface area contributed by atoms with Crippen LogP contribution in [-0.2, 0) is 14.4 Å². The lowest BCUT2D eigenvalue weighted by molar-refractivity contribution is -0.141. The van der Waals surface area contributed by atoms with Crippen LogP contribution in [0, 0.1) is 0 Å². The summed E-state index contributed by atoms with van der Waals surface area (Å²) in [7, 11) is 0. The number of rotatable bonds is 7. The Hall–Kier alpha value is -2.15. The lowest BCUT2D eigenvalue weighted by Gasteiger charge is -2.15. The number of carboxylic acid groups (broad SMARTS) is 1. The lowest BCUT2D eigenvalue weighted by atomic mass is 10.1. The predicted octanol–water partition coefficient (Wildman–Crippen LogP) is 1.50. The molecule has 0 aliphatic rings. The minimum atomic E-state index is -1.17. The van der Waals surface area contributed by atoms with Crippen LogP contribution in [-0.4, -0.2) is 39.2 Å². The molecule has 1 amide bonds. The van der Waals surface area contributed by atoms with Gasteiger partial charge in [-0.2, -0.15) is 0 Å². The number of aliphatic carboxylic acids is 1. The molecule has 1 rings (SSSR count). The number of hydrogen-bond donors (Lipinski definition) is 2. The number of thioether (sulfide) groups is 1. The van der Waals surface area contributed by atoms with Gasteiger partial charge in [-0.1, -0.05) is 42.1 Å². The van der Waals surface area contributed by atoms with Crippen molar-refractivity contribution < 1.29 is 24.3 Å². The van der Waals surface area contributed by atoms with Gasteiger partial charge in [-0.15, -0.1) is 0 Å². The third-order valence-corrected chi connectivity index (χ3v) is 3.77. The zero-order chi connectivity index (χ0) is 16.7. The van der Waals surface area contributed by atoms with Crippen molar-refractivity contribution in [3.8, 4) is 0 Å². The smallest absolute Gasteiger partial charge is 0.325 e. The molecule has 1 unspecified atom stereocenters. The van der Waals surface area contributed by atoms with Gasteiger partial charge in [-0.3, -0.25) is 19.2 Å². The maximum absolute atomic E-state index is 12.4. The van der Waals surface area contributed by atoms with E-state index >= 15 is 0 Å². The van der Waals surface area contributed by atoms with Gasteiger partial charge in [-0.05, 0) is 6.92 Å². The van der Waals surface area contributed by atoms with Crippen molar-refractivity contribution in [2.24, 2.45) is 0 Å². The normalized spacial score (nSPS) is 13.0. The summed E-state index contributed by atoms with van der Waals surface area (Å²) in [6.45, 7) is 2.64. The fraction of sp³-hybridized carbons (Fsp3) is 0.333. The van der Waals surface area contributed by atoms with Crippen molar-refractivity contribution in [2.45, 2.75) is 31.6 Å². The molecule has 6 nitrogen and oxygen atoms in total. The van der Waals surface area contributed by atoms with E-state index in [0.717, 1.165) is 11.8 Å². The predicted molar refractivity (Wildman–Crippen MR) is 82.7 cm³/mol. The summed E-state index contributed by atoms with van der Waals surface area (Å²) in [6.07, 6.45) is -0.254. The van der Waals surface area contributed by atoms with E-state index in [1.807, 2.05) is 0 Å². The number of Topliss-reactive ketones (excluding diaryl/α,β-unsaturated/α-hetero) is 1. The second kappa shape index (κ2) is 8.33. The first-order valence-corrected chi connectivity index (χ1v) is 7.48. The van der Waals surface area contributed by atoms with Gasteiger partial charge in [0, 0.05) is 18.9 Å². The van der Waals surface area contributed by atoms with Crippen LogP contribution in [0.25, 0.3) is 0 Å². The standard InChI is InChI=1S/C15H17NO5S/c1-9(15(20)21)16-13(18)8-12(22-10(2)17)14(19)11-6-4-3-5-7-11/h3-7,9,12H,8H2,1-2H3,(H,16,18)(H,20,21)/t9-,12?/m0/s1. The third-order valence-electron chi connectivity index (χ3n) is 2.78. The molecular weight excluding hydrogens is 306 g/mol. The van der Waals surface area contributed by atoms with Crippen LogP contribution >= 0.6 is 11.8 Å². The second-order valence-corrected chi connectivity index (χ2v) is 6.04. The van der Waals surface area contributed by atoms with Crippen LogP contribution < -0.4 is 5.32 Å². The molecule has 0 aliphatic carbocycles. The Labute approximate surface area is 132 Å². The van der Waals surface area contributed by atoms with Gasteiger partial charge in [0.25, 0.3) is 0 Å². The van der Waals surface area contributed by atoms with Crippen LogP contribution in [0.1, 0.15) is 30.6 Å². The van der Waals surface area contributed by atoms with Gasteiger partial charge in [0.15, 0.2) is 10.9 Å². The Kier molecular flexibility index (Phi) is 6.78. The minimum Gasteiger partial charge on any atom is -0.480 e. The van der Waals surface area contributed by atoms with Gasteiger partial charge in [0.2, 0.25) is 5.91 Å². The van der Waals surface area contributed by atoms with E-state index in [1.54, 1.807) is 30.3 Å². The summed E-state index contributed by atoms with van der Waals surface area (Å²) in [5.74, 6) is -2.09. The summed E-state index contributed by atoms with van der Waals surface area (Å²) in [6, 6.07) is 7.29. The third kappa shape index (κ3) is 5.69. The molecule has 2 atom stereocenters. The number of nitrogens with one attached hydrogen (secondary N) is 1. The summed E-state index contributed by atoms with van der Waals surface area (Å²) in [5.41, 5.74) is 0.403. The van der Waals surface area contributed by atoms with E-state index in [2.05, 4.69) is 5.32 Å². The Balaban J connectivity index is 2.81. The van der Waals surface area contributed by atoms with Gasteiger partial charge in [0.1, 0.15) is 6.04 Å². The largest absolute Gasteiger partial charge is 0.480 e. The van der Waals surface area contributed by atoms with Crippen molar-refractivity contribution in [3.63, 3.8) is 0 Å². The van der Waals surface area contributed by atoms with Crippen LogP contribution in [0.15, 0.2) is 30.3 Å². The van der Waals surface area contributed by atoms with Crippen molar-refractivity contribution in [3.05, 3.63) is 35.9 Å². The highest BCUT2D eigenvalue weighted by atomic mass is 32.2. The molecule has 0 aliphatic heterocycles. The highest BCUT2D eigenvalue weighted by Gasteiger charge is 2.26. The fourth-order valence-corrected chi connectivity index (χ4v) is 2.59. The van der Waals surface area contributed by atoms with E-state index in [9.17, 15) is 19.2 Å². The average molecular weight is 323 g/mol. The number of ketones is 1. The molecule has 1 aromatic carbocycles. The quantitative estimate of drug-likeness (QED) is 0.738. The Morgan fingerprint density at radius 3 is 2.27 bits per heavy atom. The maximum Gasteiger partial charge on any atom is 0.325 e. The van der Waals surface area contributed by atoms with E-state index in [4.69, 9.17) is 5.11 Å². The number of carbonyl (C=O) groups is 4. The molecule has 0 bridgehead atoms. The molecule has 0 saturated heterocycles. The molecule has 2 N–H and O–H groups in total. The monoisotopic (exact) mass is 323 g/mol. The second-order valence-electron chi connectivity index (χ2n) is 4.66. The lowest BCUT2D eigenvalue weighted by Crippen LogP contribution is -2.40. The van der Waals surface area contributed by atoms with Crippen LogP contribution in [0.3, 0.4) is 0 Å². The van der Waals surface area contributed by atoms with Crippen LogP contribution in [0.4, 0.5) is 0 Å². The number of carboxylic acids is 1. The average Bonchev–Trinajstić information content (AvgIpc) is 2.46. The van der Waals surface area contributed by atoms with E-state index in [-0.39, 0.29) is 17.3 Å². The summed E-state index contributed by atoms with van der Waals surface area (Å²) < 4.78 is 0. The fourth-order valence-electron chi connectivity index (χ4n) is 1.71. The van der Waals surface area contributed by atoms with Gasteiger partial charge >= 0.3 is 5.97 Å². The van der Waals surface area contributed by atoms with E-state index in [0.29, 0.717) is 5.56 Å². The molecule has 1 aromatic rings. The first-order chi connectivity index (χ1) is 10.3. The van der Waals surface area contributed by atoms with Crippen molar-refractivity contribution in [1.29, 1.82) is 0 Å². The number of benzene rings is 1. The minimum absolute atomic E-state index is 0.254. The maximum atomic E-state index is 12.4. The SMILES string of the molecule is CC(=O)SC(CC(=O)N[C@@H](C)C(=O)O)C(=O)c1ccccc1. The molecule has 7 heteroatoms. The summed E-state index contributed by atoms with van der Waals surface area (Å²) in [5, 5.41) is 9.87. The summed E-state index contributed by atoms with van der Waals surface area (Å²) in [4.78, 5) is 46.2. The molecular formula is C15H17NO5S. The van der Waals surface area contributed by atoms with Crippen LogP contribution in [0.5, 0.6) is 0 Å². The van der Waals surface area contributed by atoms with Crippen molar-refractivity contribution in [2.75, 3.05) is 0 Å². The number of carbonyl (C=O) groups excluding carboxylic acids is 3. The molecule has 0 fully saturated rings. The molecule has 0 radical (unpaired) electrons. The van der Waals surface area contributed by atoms with Gasteiger partial charge < -0.3 is 10.4 Å². The molecule has 22 heavy (non-hydrogen) atoms. The van der Waals surface area contributed by atoms with Gasteiger partial charge in [-0.25, -0.2) is 0 Å². The Morgan fingerprint density at radius 2 is 1.77 bits per heavy atom. The summed E-state index contributed by atoms with van der Waals surface area (Å²) >= 11 is 0.770. The number of hydrogen-bond acceptors (Lipinski definition) is 5. The molecule has 118 valence electrons. The van der Waals surface area contributed by atoms with E-state index < -0.39 is 23.2 Å². The Bertz CT molecular complexity index is 573. The van der Waals surface area contributed by atoms with Crippen molar-refractivity contribution >= 4 is 34.5 Å². The van der Waals surface area contributed by atoms with Crippen LogP contribution in [0.2, 0.25) is 0 Å². The van der Waals surface area contributed by atoms with E-state index in [1.165, 1.54) is 13.8 Å². The zero-order valence-electron chi connectivity index (χ0n) is 12.2. The number of amides is 1. The Morgan fingerprint density at radius 1 is 1.18 bits per heavy atom.